The van der Waals surface area contributed by atoms with Crippen LogP contribution in [0.15, 0.2) is 77.7 Å². The fourth-order valence-corrected chi connectivity index (χ4v) is 5.59. The summed E-state index contributed by atoms with van der Waals surface area (Å²) in [7, 11) is 0. The molecule has 2 aliphatic heterocycles. The number of ether oxygens (including phenoxy) is 1. The lowest BCUT2D eigenvalue weighted by atomic mass is 10.1. The summed E-state index contributed by atoms with van der Waals surface area (Å²) in [6.07, 6.45) is 12.8. The van der Waals surface area contributed by atoms with Crippen molar-refractivity contribution in [2.24, 2.45) is 10.7 Å². The van der Waals surface area contributed by atoms with Crippen LogP contribution in [-0.2, 0) is 4.74 Å². The predicted octanol–water partition coefficient (Wildman–Crippen LogP) is 6.95. The normalized spacial score (nSPS) is 18.3. The first kappa shape index (κ1) is 29.7. The molecule has 1 atom stereocenters. The number of hydrogen-bond acceptors (Lipinski definition) is 6. The Morgan fingerprint density at radius 1 is 1.18 bits per heavy atom. The third kappa shape index (κ3) is 8.58. The number of benzene rings is 1. The van der Waals surface area contributed by atoms with E-state index in [0.29, 0.717) is 12.4 Å². The molecule has 206 valence electrons. The van der Waals surface area contributed by atoms with Gasteiger partial charge in [0, 0.05) is 26.1 Å². The number of rotatable bonds is 12. The Balaban J connectivity index is 0.00000195. The summed E-state index contributed by atoms with van der Waals surface area (Å²) in [5, 5.41) is 5.83. The van der Waals surface area contributed by atoms with Gasteiger partial charge in [-0.05, 0) is 74.5 Å². The predicted molar refractivity (Wildman–Crippen MR) is 166 cm³/mol. The van der Waals surface area contributed by atoms with Crippen molar-refractivity contribution in [3.63, 3.8) is 0 Å². The van der Waals surface area contributed by atoms with E-state index in [-0.39, 0.29) is 6.17 Å². The summed E-state index contributed by atoms with van der Waals surface area (Å²) < 4.78 is 5.51. The standard InChI is InChI=1S/C29H41N5OS.C2H4/c1-3-10-23(11-8-19-35-4-2)21-28-32-25-22-24(31-29(30)27-12-9-20-36-27)13-14-26(25)34(28)18-17-33-15-6-5-7-16-33;1-2/h8-14,20,22,28,32H,3-7,15-19,21H2,1-2H3,(H2,30,31);1-2H2/b11-8-,23-10+;. The van der Waals surface area contributed by atoms with E-state index >= 15 is 0 Å². The number of nitrogens with two attached hydrogens (primary N) is 1. The van der Waals surface area contributed by atoms with Crippen LogP contribution in [0.1, 0.15) is 50.8 Å². The summed E-state index contributed by atoms with van der Waals surface area (Å²) in [5.41, 5.74) is 10.9. The van der Waals surface area contributed by atoms with Gasteiger partial charge in [-0.15, -0.1) is 24.5 Å². The van der Waals surface area contributed by atoms with Gasteiger partial charge in [-0.3, -0.25) is 0 Å². The number of amidine groups is 1. The monoisotopic (exact) mass is 535 g/mol. The van der Waals surface area contributed by atoms with Gasteiger partial charge in [0.15, 0.2) is 0 Å². The molecule has 38 heavy (non-hydrogen) atoms. The van der Waals surface area contributed by atoms with Crippen LogP contribution in [0.2, 0.25) is 0 Å². The highest BCUT2D eigenvalue weighted by Crippen LogP contribution is 2.39. The van der Waals surface area contributed by atoms with Crippen LogP contribution >= 0.6 is 11.3 Å². The SMILES string of the molecule is C=C.CC/C=C(\C=C/COCC)CC1Nc2cc(N=C(N)c3cccs3)ccc2N1CCN1CCCCC1. The number of fused-ring (bicyclic) bond motifs is 1. The molecule has 6 nitrogen and oxygen atoms in total. The molecule has 0 saturated carbocycles. The number of allylic oxidation sites excluding steroid dienone is 2. The van der Waals surface area contributed by atoms with Crippen molar-refractivity contribution >= 4 is 34.2 Å². The molecule has 0 spiro atoms. The van der Waals surface area contributed by atoms with Crippen molar-refractivity contribution in [1.82, 2.24) is 4.90 Å². The Morgan fingerprint density at radius 2 is 2.00 bits per heavy atom. The zero-order valence-corrected chi connectivity index (χ0v) is 24.0. The van der Waals surface area contributed by atoms with Crippen molar-refractivity contribution < 1.29 is 4.74 Å². The van der Waals surface area contributed by atoms with Crippen molar-refractivity contribution in [1.29, 1.82) is 0 Å². The van der Waals surface area contributed by atoms with Crippen LogP contribution in [0.5, 0.6) is 0 Å². The molecule has 1 saturated heterocycles. The number of anilines is 2. The molecular weight excluding hydrogens is 490 g/mol. The summed E-state index contributed by atoms with van der Waals surface area (Å²) >= 11 is 1.61. The summed E-state index contributed by atoms with van der Waals surface area (Å²) in [5.74, 6) is 0.564. The topological polar surface area (TPSA) is 66.1 Å². The van der Waals surface area contributed by atoms with Gasteiger partial charge in [-0.1, -0.05) is 37.6 Å². The highest BCUT2D eigenvalue weighted by molar-refractivity contribution is 7.12. The van der Waals surface area contributed by atoms with E-state index in [1.807, 2.05) is 24.4 Å². The third-order valence-corrected chi connectivity index (χ3v) is 7.65. The van der Waals surface area contributed by atoms with Gasteiger partial charge in [-0.25, -0.2) is 4.99 Å². The molecule has 2 aliphatic rings. The molecule has 0 radical (unpaired) electrons. The first-order valence-electron chi connectivity index (χ1n) is 13.9. The zero-order chi connectivity index (χ0) is 27.2. The van der Waals surface area contributed by atoms with E-state index in [9.17, 15) is 0 Å². The Hall–Kier alpha value is -2.87. The minimum absolute atomic E-state index is 0.202. The van der Waals surface area contributed by atoms with Crippen LogP contribution in [0.25, 0.3) is 0 Å². The van der Waals surface area contributed by atoms with Crippen LogP contribution in [0.3, 0.4) is 0 Å². The quantitative estimate of drug-likeness (QED) is 0.101. The highest BCUT2D eigenvalue weighted by Gasteiger charge is 2.29. The Labute approximate surface area is 233 Å². The van der Waals surface area contributed by atoms with E-state index in [4.69, 9.17) is 15.5 Å². The minimum atomic E-state index is 0.202. The first-order chi connectivity index (χ1) is 18.7. The molecule has 2 aromatic rings. The smallest absolute Gasteiger partial charge is 0.141 e. The van der Waals surface area contributed by atoms with Crippen LogP contribution in [0.4, 0.5) is 17.1 Å². The number of thiophene rings is 1. The molecule has 7 heteroatoms. The third-order valence-electron chi connectivity index (χ3n) is 6.76. The molecular formula is C31H45N5OS. The van der Waals surface area contributed by atoms with E-state index in [0.717, 1.165) is 48.8 Å². The average molecular weight is 536 g/mol. The number of hydrogen-bond donors (Lipinski definition) is 2. The fraction of sp³-hybridized carbons (Fsp3) is 0.452. The first-order valence-corrected chi connectivity index (χ1v) is 14.8. The van der Waals surface area contributed by atoms with Crippen LogP contribution in [-0.4, -0.2) is 56.3 Å². The highest BCUT2D eigenvalue weighted by atomic mass is 32.1. The maximum Gasteiger partial charge on any atom is 0.141 e. The summed E-state index contributed by atoms with van der Waals surface area (Å²) in [4.78, 5) is 10.9. The number of likely N-dealkylation sites (tertiary alicyclic amines) is 1. The Bertz CT molecular complexity index is 1060. The lowest BCUT2D eigenvalue weighted by Gasteiger charge is -2.32. The van der Waals surface area contributed by atoms with Gasteiger partial charge in [0.2, 0.25) is 0 Å². The molecule has 4 rings (SSSR count). The second-order valence-electron chi connectivity index (χ2n) is 9.38. The van der Waals surface area contributed by atoms with E-state index < -0.39 is 0 Å². The van der Waals surface area contributed by atoms with Gasteiger partial charge in [0.05, 0.1) is 28.5 Å². The number of nitrogens with one attached hydrogen (secondary N) is 1. The number of aliphatic imine (C=N–C) groups is 1. The van der Waals surface area contributed by atoms with Crippen LogP contribution < -0.4 is 16.0 Å². The maximum atomic E-state index is 6.27. The molecule has 1 unspecified atom stereocenters. The lowest BCUT2D eigenvalue weighted by Crippen LogP contribution is -2.42. The van der Waals surface area contributed by atoms with E-state index in [2.05, 4.69) is 71.6 Å². The molecule has 0 aliphatic carbocycles. The molecule has 1 fully saturated rings. The minimum Gasteiger partial charge on any atom is -0.383 e. The number of nitrogens with zero attached hydrogens (tertiary/aromatic N) is 3. The summed E-state index contributed by atoms with van der Waals surface area (Å²) in [6, 6.07) is 10.4. The molecule has 0 bridgehead atoms. The number of piperidine rings is 1. The van der Waals surface area contributed by atoms with Gasteiger partial charge in [0.25, 0.3) is 0 Å². The van der Waals surface area contributed by atoms with E-state index in [1.165, 1.54) is 43.6 Å². The lowest BCUT2D eigenvalue weighted by molar-refractivity contribution is 0.177. The Kier molecular flexibility index (Phi) is 12.6. The maximum absolute atomic E-state index is 6.27. The molecule has 0 amide bonds. The Morgan fingerprint density at radius 3 is 2.71 bits per heavy atom. The second-order valence-corrected chi connectivity index (χ2v) is 10.3. The average Bonchev–Trinajstić information content (AvgIpc) is 3.60. The van der Waals surface area contributed by atoms with Crippen molar-refractivity contribution in [3.8, 4) is 0 Å². The van der Waals surface area contributed by atoms with Crippen molar-refractivity contribution in [2.45, 2.75) is 52.1 Å². The van der Waals surface area contributed by atoms with Crippen molar-refractivity contribution in [2.75, 3.05) is 49.6 Å². The van der Waals surface area contributed by atoms with Crippen LogP contribution in [0, 0.1) is 0 Å². The summed E-state index contributed by atoms with van der Waals surface area (Å²) in [6.45, 7) is 16.2. The largest absolute Gasteiger partial charge is 0.383 e. The van der Waals surface area contributed by atoms with E-state index in [1.54, 1.807) is 11.3 Å². The molecule has 3 heterocycles. The fourth-order valence-electron chi connectivity index (χ4n) is 4.96. The van der Waals surface area contributed by atoms with Gasteiger partial charge in [0.1, 0.15) is 12.0 Å². The van der Waals surface area contributed by atoms with Gasteiger partial charge >= 0.3 is 0 Å². The van der Waals surface area contributed by atoms with Crippen molar-refractivity contribution in [3.05, 3.63) is 77.5 Å². The zero-order valence-electron chi connectivity index (χ0n) is 23.2. The van der Waals surface area contributed by atoms with Gasteiger partial charge < -0.3 is 25.6 Å². The molecule has 1 aromatic carbocycles. The van der Waals surface area contributed by atoms with Gasteiger partial charge in [-0.2, -0.15) is 0 Å². The molecule has 1 aromatic heterocycles. The second kappa shape index (κ2) is 16.2. The molecule has 3 N–H and O–H groups in total.